The Morgan fingerprint density at radius 3 is 2.43 bits per heavy atom. The molecule has 0 bridgehead atoms. The molecule has 3 aliphatic rings. The van der Waals surface area contributed by atoms with Crippen molar-refractivity contribution >= 4 is 16.0 Å². The van der Waals surface area contributed by atoms with Crippen LogP contribution in [0, 0.1) is 0 Å². The van der Waals surface area contributed by atoms with Gasteiger partial charge in [-0.2, -0.15) is 0 Å². The van der Waals surface area contributed by atoms with Crippen LogP contribution in [0.3, 0.4) is 0 Å². The highest BCUT2D eigenvalue weighted by Crippen LogP contribution is 2.40. The SMILES string of the molecule is BN1CCCCC1CC1CCC(C)(C2CCCCN2B)O1. The van der Waals surface area contributed by atoms with Crippen molar-refractivity contribution in [2.45, 2.75) is 88.5 Å². The van der Waals surface area contributed by atoms with Crippen molar-refractivity contribution in [1.29, 1.82) is 0 Å². The summed E-state index contributed by atoms with van der Waals surface area (Å²) in [4.78, 5) is 5.12. The zero-order valence-electron chi connectivity index (χ0n) is 14.3. The Hall–Kier alpha value is 0.00987. The molecule has 3 aliphatic heterocycles. The number of hydrogen-bond donors (Lipinski definition) is 0. The van der Waals surface area contributed by atoms with Crippen molar-refractivity contribution < 1.29 is 4.74 Å². The van der Waals surface area contributed by atoms with Gasteiger partial charge in [0.1, 0.15) is 0 Å². The van der Waals surface area contributed by atoms with Crippen molar-refractivity contribution in [2.75, 3.05) is 13.1 Å². The van der Waals surface area contributed by atoms with E-state index in [-0.39, 0.29) is 5.60 Å². The van der Waals surface area contributed by atoms with E-state index in [1.807, 2.05) is 0 Å². The smallest absolute Gasteiger partial charge is 0.185 e. The molecular weight excluding hydrogens is 258 g/mol. The standard InChI is InChI=1S/C16H32B2N2O/c1-16(15-7-3-5-11-20(15)18)9-8-14(21-16)12-13-6-2-4-10-19(13)17/h13-15H,2-12,17-18H2,1H3. The molecule has 4 atom stereocenters. The summed E-state index contributed by atoms with van der Waals surface area (Å²) in [5.41, 5.74) is 0.104. The fourth-order valence-corrected chi connectivity index (χ4v) is 4.95. The third kappa shape index (κ3) is 3.51. The average Bonchev–Trinajstić information content (AvgIpc) is 2.84. The normalized spacial score (nSPS) is 43.2. The van der Waals surface area contributed by atoms with Crippen LogP contribution >= 0.6 is 0 Å². The van der Waals surface area contributed by atoms with Crippen molar-refractivity contribution in [3.05, 3.63) is 0 Å². The minimum Gasteiger partial charge on any atom is -0.370 e. The maximum absolute atomic E-state index is 6.64. The highest BCUT2D eigenvalue weighted by Gasteiger charge is 2.44. The molecule has 3 fully saturated rings. The van der Waals surface area contributed by atoms with Gasteiger partial charge in [0.05, 0.1) is 11.7 Å². The Balaban J connectivity index is 1.56. The molecule has 0 spiro atoms. The van der Waals surface area contributed by atoms with E-state index in [0.717, 1.165) is 6.04 Å². The van der Waals surface area contributed by atoms with Gasteiger partial charge in [0.2, 0.25) is 0 Å². The second-order valence-electron chi connectivity index (χ2n) is 7.95. The molecule has 3 nitrogen and oxygen atoms in total. The van der Waals surface area contributed by atoms with Gasteiger partial charge < -0.3 is 14.4 Å². The molecule has 0 aromatic rings. The molecule has 118 valence electrons. The Kier molecular flexibility index (Phi) is 5.02. The Morgan fingerprint density at radius 1 is 1.00 bits per heavy atom. The van der Waals surface area contributed by atoms with E-state index in [1.165, 1.54) is 70.9 Å². The maximum Gasteiger partial charge on any atom is 0.185 e. The molecule has 3 saturated heterocycles. The van der Waals surface area contributed by atoms with Crippen LogP contribution < -0.4 is 0 Å². The monoisotopic (exact) mass is 290 g/mol. The lowest BCUT2D eigenvalue weighted by molar-refractivity contribution is -0.0825. The predicted octanol–water partition coefficient (Wildman–Crippen LogP) is 1.12. The molecule has 0 amide bonds. The Labute approximate surface area is 132 Å². The van der Waals surface area contributed by atoms with Crippen molar-refractivity contribution in [1.82, 2.24) is 9.62 Å². The molecule has 21 heavy (non-hydrogen) atoms. The summed E-state index contributed by atoms with van der Waals surface area (Å²) in [6.07, 6.45) is 12.5. The van der Waals surface area contributed by atoms with Crippen molar-refractivity contribution in [3.8, 4) is 0 Å². The first kappa shape index (κ1) is 15.9. The molecule has 4 unspecified atom stereocenters. The molecule has 5 heteroatoms. The first-order valence-corrected chi connectivity index (χ1v) is 9.17. The van der Waals surface area contributed by atoms with Crippen molar-refractivity contribution in [2.24, 2.45) is 0 Å². The molecule has 0 saturated carbocycles. The lowest BCUT2D eigenvalue weighted by Gasteiger charge is -2.44. The number of rotatable bonds is 3. The van der Waals surface area contributed by atoms with Crippen LogP contribution in [0.1, 0.15) is 64.7 Å². The van der Waals surface area contributed by atoms with Crippen LogP contribution in [-0.2, 0) is 4.74 Å². The highest BCUT2D eigenvalue weighted by molar-refractivity contribution is 6.04. The lowest BCUT2D eigenvalue weighted by Crippen LogP contribution is -2.52. The molecule has 0 aliphatic carbocycles. The third-order valence-electron chi connectivity index (χ3n) is 6.33. The summed E-state index contributed by atoms with van der Waals surface area (Å²) >= 11 is 0. The molecule has 0 aromatic heterocycles. The van der Waals surface area contributed by atoms with Crippen LogP contribution in [0.25, 0.3) is 0 Å². The van der Waals surface area contributed by atoms with Crippen LogP contribution in [0.2, 0.25) is 0 Å². The largest absolute Gasteiger partial charge is 0.370 e. The fraction of sp³-hybridized carbons (Fsp3) is 1.00. The maximum atomic E-state index is 6.64. The summed E-state index contributed by atoms with van der Waals surface area (Å²) in [5.74, 6) is 0. The van der Waals surface area contributed by atoms with E-state index < -0.39 is 0 Å². The average molecular weight is 290 g/mol. The van der Waals surface area contributed by atoms with Gasteiger partial charge in [-0.25, -0.2) is 0 Å². The summed E-state index contributed by atoms with van der Waals surface area (Å²) in [6.45, 7) is 4.91. The first-order chi connectivity index (χ1) is 10.1. The van der Waals surface area contributed by atoms with E-state index in [9.17, 15) is 0 Å². The predicted molar refractivity (Wildman–Crippen MR) is 92.9 cm³/mol. The van der Waals surface area contributed by atoms with Gasteiger partial charge in [-0.05, 0) is 65.0 Å². The van der Waals surface area contributed by atoms with Crippen LogP contribution in [0.15, 0.2) is 0 Å². The molecular formula is C16H32B2N2O. The minimum absolute atomic E-state index is 0.104. The summed E-state index contributed by atoms with van der Waals surface area (Å²) in [7, 11) is 4.59. The summed E-state index contributed by atoms with van der Waals surface area (Å²) < 4.78 is 6.64. The number of piperidine rings is 2. The van der Waals surface area contributed by atoms with Gasteiger partial charge in [0.15, 0.2) is 16.0 Å². The van der Waals surface area contributed by atoms with Crippen LogP contribution in [-0.4, -0.2) is 62.5 Å². The Morgan fingerprint density at radius 2 is 1.71 bits per heavy atom. The van der Waals surface area contributed by atoms with Crippen LogP contribution in [0.4, 0.5) is 0 Å². The van der Waals surface area contributed by atoms with Gasteiger partial charge in [-0.1, -0.05) is 12.8 Å². The van der Waals surface area contributed by atoms with Gasteiger partial charge in [0, 0.05) is 12.1 Å². The van der Waals surface area contributed by atoms with E-state index in [1.54, 1.807) is 0 Å². The first-order valence-electron chi connectivity index (χ1n) is 9.17. The molecule has 0 radical (unpaired) electrons. The molecule has 0 aromatic carbocycles. The second-order valence-corrected chi connectivity index (χ2v) is 7.95. The van der Waals surface area contributed by atoms with E-state index in [4.69, 9.17) is 4.74 Å². The van der Waals surface area contributed by atoms with Gasteiger partial charge >= 0.3 is 0 Å². The summed E-state index contributed by atoms with van der Waals surface area (Å²) in [5, 5.41) is 0. The minimum atomic E-state index is 0.104. The van der Waals surface area contributed by atoms with E-state index >= 15 is 0 Å². The zero-order valence-corrected chi connectivity index (χ0v) is 14.3. The van der Waals surface area contributed by atoms with E-state index in [2.05, 4.69) is 32.5 Å². The highest BCUT2D eigenvalue weighted by atomic mass is 16.5. The molecule has 3 heterocycles. The third-order valence-corrected chi connectivity index (χ3v) is 6.33. The fourth-order valence-electron chi connectivity index (χ4n) is 4.95. The number of nitrogens with zero attached hydrogens (tertiary/aromatic N) is 2. The topological polar surface area (TPSA) is 15.7 Å². The lowest BCUT2D eigenvalue weighted by atomic mass is 9.83. The van der Waals surface area contributed by atoms with Crippen molar-refractivity contribution in [3.63, 3.8) is 0 Å². The summed E-state index contributed by atoms with van der Waals surface area (Å²) in [6, 6.07) is 1.40. The second kappa shape index (κ2) is 6.64. The zero-order chi connectivity index (χ0) is 14.9. The van der Waals surface area contributed by atoms with Gasteiger partial charge in [0.25, 0.3) is 0 Å². The molecule has 3 rings (SSSR count). The van der Waals surface area contributed by atoms with Gasteiger partial charge in [-0.3, -0.25) is 0 Å². The molecule has 0 N–H and O–H groups in total. The van der Waals surface area contributed by atoms with Gasteiger partial charge in [-0.15, -0.1) is 0 Å². The Bertz CT molecular complexity index is 357. The number of ether oxygens (including phenoxy) is 1. The van der Waals surface area contributed by atoms with E-state index in [0.29, 0.717) is 12.1 Å². The quantitative estimate of drug-likeness (QED) is 0.724. The van der Waals surface area contributed by atoms with Crippen LogP contribution in [0.5, 0.6) is 0 Å². The number of hydrogen-bond acceptors (Lipinski definition) is 3.